The first-order valence-electron chi connectivity index (χ1n) is 14.5. The van der Waals surface area contributed by atoms with Crippen LogP contribution in [0.1, 0.15) is 71.1 Å². The highest BCUT2D eigenvalue weighted by molar-refractivity contribution is 6.04. The second-order valence-corrected chi connectivity index (χ2v) is 11.4. The smallest absolute Gasteiger partial charge is 0.258 e. The number of amides is 1. The Bertz CT molecular complexity index is 1560. The van der Waals surface area contributed by atoms with Gasteiger partial charge < -0.3 is 5.32 Å². The van der Waals surface area contributed by atoms with Crippen LogP contribution < -0.4 is 5.32 Å². The molecule has 0 spiro atoms. The number of carbonyl (C=O) groups is 2. The number of allylic oxidation sites excluding steroid dienone is 4. The summed E-state index contributed by atoms with van der Waals surface area (Å²) in [6, 6.07) is 13.5. The minimum Gasteiger partial charge on any atom is -0.322 e. The number of benzene rings is 2. The van der Waals surface area contributed by atoms with Crippen LogP contribution in [-0.2, 0) is 24.3 Å². The number of hydrogen-bond acceptors (Lipinski definition) is 4. The van der Waals surface area contributed by atoms with E-state index in [1.165, 1.54) is 67.1 Å². The molecule has 0 atom stereocenters. The zero-order valence-electron chi connectivity index (χ0n) is 23.4. The Kier molecular flexibility index (Phi) is 7.79. The van der Waals surface area contributed by atoms with E-state index in [0.29, 0.717) is 35.8 Å². The maximum Gasteiger partial charge on any atom is 0.258 e. The van der Waals surface area contributed by atoms with E-state index in [1.807, 2.05) is 0 Å². The van der Waals surface area contributed by atoms with Crippen molar-refractivity contribution in [3.8, 4) is 0 Å². The predicted octanol–water partition coefficient (Wildman–Crippen LogP) is 5.99. The molecule has 1 fully saturated rings. The summed E-state index contributed by atoms with van der Waals surface area (Å²) in [7, 11) is 2.23. The summed E-state index contributed by atoms with van der Waals surface area (Å²) in [5.41, 5.74) is 7.27. The molecule has 6 rings (SSSR count). The maximum absolute atomic E-state index is 13.2. The fourth-order valence-corrected chi connectivity index (χ4v) is 6.11. The number of halogens is 1. The van der Waals surface area contributed by atoms with Crippen molar-refractivity contribution in [1.29, 1.82) is 0 Å². The normalized spacial score (nSPS) is 17.2. The molecule has 41 heavy (non-hydrogen) atoms. The molecule has 3 aliphatic rings. The lowest BCUT2D eigenvalue weighted by Gasteiger charge is -2.31. The third-order valence-corrected chi connectivity index (χ3v) is 8.42. The molecular weight excluding hydrogens is 515 g/mol. The zero-order valence-corrected chi connectivity index (χ0v) is 23.4. The molecule has 2 aromatic carbocycles. The van der Waals surface area contributed by atoms with Gasteiger partial charge in [0.1, 0.15) is 5.82 Å². The molecule has 3 aromatic rings. The number of hydrogen-bond donors (Lipinski definition) is 1. The Labute approximate surface area is 240 Å². The van der Waals surface area contributed by atoms with Gasteiger partial charge in [-0.05, 0) is 72.3 Å². The molecule has 1 heterocycles. The minimum absolute atomic E-state index is 0.0615. The van der Waals surface area contributed by atoms with Gasteiger partial charge in [0.2, 0.25) is 0 Å². The molecule has 1 aromatic heterocycles. The average Bonchev–Trinajstić information content (AvgIpc) is 3.63. The molecule has 0 aliphatic heterocycles. The van der Waals surface area contributed by atoms with Crippen LogP contribution in [-0.4, -0.2) is 39.5 Å². The Morgan fingerprint density at radius 3 is 2.66 bits per heavy atom. The molecule has 3 aliphatic carbocycles. The summed E-state index contributed by atoms with van der Waals surface area (Å²) in [5, 5.41) is 7.21. The molecule has 0 bridgehead atoms. The maximum atomic E-state index is 13.2. The van der Waals surface area contributed by atoms with Crippen molar-refractivity contribution in [2.45, 2.75) is 64.1 Å². The first-order valence-corrected chi connectivity index (χ1v) is 14.5. The number of nitrogens with zero attached hydrogens (tertiary/aromatic N) is 3. The van der Waals surface area contributed by atoms with Crippen LogP contribution in [0.3, 0.4) is 0 Å². The summed E-state index contributed by atoms with van der Waals surface area (Å²) in [6.07, 6.45) is 16.4. The number of aromatic nitrogens is 2. The van der Waals surface area contributed by atoms with Crippen LogP contribution in [0.25, 0.3) is 6.08 Å². The van der Waals surface area contributed by atoms with Crippen molar-refractivity contribution < 1.29 is 14.0 Å². The van der Waals surface area contributed by atoms with Gasteiger partial charge in [-0.1, -0.05) is 61.7 Å². The number of fused-ring (bicyclic) bond motifs is 1. The molecule has 0 unspecified atom stereocenters. The van der Waals surface area contributed by atoms with Gasteiger partial charge in [-0.25, -0.2) is 4.39 Å². The average molecular weight is 551 g/mol. The van der Waals surface area contributed by atoms with Crippen LogP contribution in [0.4, 0.5) is 4.39 Å². The fourth-order valence-electron chi connectivity index (χ4n) is 6.11. The van der Waals surface area contributed by atoms with Gasteiger partial charge in [0.25, 0.3) is 5.91 Å². The van der Waals surface area contributed by atoms with E-state index < -0.39 is 0 Å². The van der Waals surface area contributed by atoms with Gasteiger partial charge in [-0.2, -0.15) is 5.10 Å². The lowest BCUT2D eigenvalue weighted by Crippen LogP contribution is -2.32. The predicted molar refractivity (Wildman–Crippen MR) is 157 cm³/mol. The monoisotopic (exact) mass is 550 g/mol. The summed E-state index contributed by atoms with van der Waals surface area (Å²) < 4.78 is 14.8. The number of nitrogens with one attached hydrogen (secondary N) is 1. The number of rotatable bonds is 8. The van der Waals surface area contributed by atoms with Crippen molar-refractivity contribution in [2.24, 2.45) is 0 Å². The quantitative estimate of drug-likeness (QED) is 0.374. The van der Waals surface area contributed by atoms with Crippen LogP contribution in [0, 0.1) is 5.82 Å². The summed E-state index contributed by atoms with van der Waals surface area (Å²) in [6.45, 7) is 1.37. The van der Waals surface area contributed by atoms with Crippen molar-refractivity contribution in [3.05, 3.63) is 117 Å². The minimum atomic E-state index is -0.291. The second kappa shape index (κ2) is 11.8. The van der Waals surface area contributed by atoms with Crippen molar-refractivity contribution in [2.75, 3.05) is 7.05 Å². The SMILES string of the molecule is CN(Cc1ccc2c(c1)C=C(C1=CC(NC(=O)c3cnn(Cc4ccc(F)cc4)c3)=CCC1=O)C2)C1CCCCC1. The van der Waals surface area contributed by atoms with Crippen molar-refractivity contribution in [3.63, 3.8) is 0 Å². The van der Waals surface area contributed by atoms with E-state index in [9.17, 15) is 14.0 Å². The Balaban J connectivity index is 1.11. The first kappa shape index (κ1) is 27.1. The van der Waals surface area contributed by atoms with Crippen LogP contribution in [0.2, 0.25) is 0 Å². The molecular formula is C34H35FN4O2. The Morgan fingerprint density at radius 1 is 1.07 bits per heavy atom. The number of ketones is 1. The zero-order chi connectivity index (χ0) is 28.3. The third kappa shape index (κ3) is 6.30. The lowest BCUT2D eigenvalue weighted by atomic mass is 9.93. The van der Waals surface area contributed by atoms with Gasteiger partial charge in [0, 0.05) is 36.5 Å². The van der Waals surface area contributed by atoms with Gasteiger partial charge in [-0.3, -0.25) is 19.2 Å². The van der Waals surface area contributed by atoms with Gasteiger partial charge in [-0.15, -0.1) is 0 Å². The Hall–Kier alpha value is -4.10. The Morgan fingerprint density at radius 2 is 1.85 bits per heavy atom. The topological polar surface area (TPSA) is 67.2 Å². The van der Waals surface area contributed by atoms with E-state index in [4.69, 9.17) is 0 Å². The van der Waals surface area contributed by atoms with E-state index in [1.54, 1.807) is 35.2 Å². The van der Waals surface area contributed by atoms with Gasteiger partial charge >= 0.3 is 0 Å². The van der Waals surface area contributed by atoms with E-state index in [2.05, 4.69) is 46.6 Å². The third-order valence-electron chi connectivity index (χ3n) is 8.42. The van der Waals surface area contributed by atoms with E-state index in [0.717, 1.165) is 17.7 Å². The largest absolute Gasteiger partial charge is 0.322 e. The molecule has 7 heteroatoms. The molecule has 210 valence electrons. The summed E-state index contributed by atoms with van der Waals surface area (Å²) >= 11 is 0. The molecule has 1 saturated carbocycles. The molecule has 0 saturated heterocycles. The summed E-state index contributed by atoms with van der Waals surface area (Å²) in [4.78, 5) is 28.4. The highest BCUT2D eigenvalue weighted by Crippen LogP contribution is 2.33. The molecule has 1 amide bonds. The van der Waals surface area contributed by atoms with Crippen LogP contribution >= 0.6 is 0 Å². The highest BCUT2D eigenvalue weighted by atomic mass is 19.1. The molecule has 6 nitrogen and oxygen atoms in total. The van der Waals surface area contributed by atoms with Gasteiger partial charge in [0.15, 0.2) is 5.78 Å². The molecule has 0 radical (unpaired) electrons. The fraction of sp³-hybridized carbons (Fsp3) is 0.324. The van der Waals surface area contributed by atoms with E-state index in [-0.39, 0.29) is 23.9 Å². The number of Topliss-reactive ketones (excluding diaryl/α,β-unsaturated/α-hetero) is 1. The second-order valence-electron chi connectivity index (χ2n) is 11.4. The van der Waals surface area contributed by atoms with Crippen LogP contribution in [0.5, 0.6) is 0 Å². The summed E-state index contributed by atoms with van der Waals surface area (Å²) in [5.74, 6) is -0.519. The van der Waals surface area contributed by atoms with Gasteiger partial charge in [0.05, 0.1) is 18.3 Å². The highest BCUT2D eigenvalue weighted by Gasteiger charge is 2.24. The van der Waals surface area contributed by atoms with E-state index >= 15 is 0 Å². The lowest BCUT2D eigenvalue weighted by molar-refractivity contribution is -0.114. The van der Waals surface area contributed by atoms with Crippen LogP contribution in [0.15, 0.2) is 83.9 Å². The number of carbonyl (C=O) groups excluding carboxylic acids is 2. The molecule has 1 N–H and O–H groups in total. The van der Waals surface area contributed by atoms with Crippen molar-refractivity contribution >= 4 is 17.8 Å². The first-order chi connectivity index (χ1) is 19.9. The van der Waals surface area contributed by atoms with Crippen molar-refractivity contribution in [1.82, 2.24) is 20.0 Å². The standard InChI is InChI=1S/C34H35FN4O2/c1-38(31-5-3-2-4-6-31)20-24-7-10-25-16-27(17-26(25)15-24)32-18-30(13-14-33(32)40)37-34(41)28-19-36-39(22-28)21-23-8-11-29(35)12-9-23/h7-13,15,17-19,22,31H,2-6,14,16,20-21H2,1H3,(H,37,41).